The molecule has 0 aliphatic heterocycles. The molecule has 8 heteroatoms. The van der Waals surface area contributed by atoms with E-state index in [9.17, 15) is 9.59 Å². The molecule has 6 nitrogen and oxygen atoms in total. The maximum Gasteiger partial charge on any atom is 0.240 e. The molecular weight excluding hydrogens is 440 g/mol. The van der Waals surface area contributed by atoms with E-state index in [0.717, 1.165) is 36.8 Å². The Kier molecular flexibility index (Phi) is 12.2. The van der Waals surface area contributed by atoms with Crippen LogP contribution in [-0.2, 0) is 9.59 Å². The largest absolute Gasteiger partial charge is 0.273 e. The van der Waals surface area contributed by atoms with Crippen molar-refractivity contribution in [1.82, 2.24) is 10.9 Å². The maximum absolute atomic E-state index is 11.8. The summed E-state index contributed by atoms with van der Waals surface area (Å²) in [5.41, 5.74) is 7.00. The summed E-state index contributed by atoms with van der Waals surface area (Å²) < 4.78 is 0. The van der Waals surface area contributed by atoms with Gasteiger partial charge in [-0.05, 0) is 60.7 Å². The van der Waals surface area contributed by atoms with Gasteiger partial charge in [0.05, 0.1) is 12.4 Å². The first kappa shape index (κ1) is 25.7. The third kappa shape index (κ3) is 10.6. The van der Waals surface area contributed by atoms with Gasteiger partial charge < -0.3 is 0 Å². The van der Waals surface area contributed by atoms with Crippen LogP contribution in [0.4, 0.5) is 0 Å². The van der Waals surface area contributed by atoms with Gasteiger partial charge in [0.25, 0.3) is 0 Å². The normalized spacial score (nSPS) is 11.2. The second kappa shape index (κ2) is 15.3. The predicted molar refractivity (Wildman–Crippen MR) is 136 cm³/mol. The van der Waals surface area contributed by atoms with Crippen molar-refractivity contribution in [3.05, 3.63) is 59.7 Å². The highest BCUT2D eigenvalue weighted by atomic mass is 32.2. The molecule has 2 rings (SSSR count). The van der Waals surface area contributed by atoms with Crippen molar-refractivity contribution in [1.29, 1.82) is 0 Å². The van der Waals surface area contributed by atoms with Gasteiger partial charge in [-0.15, -0.1) is 23.5 Å². The summed E-state index contributed by atoms with van der Waals surface area (Å²) in [7, 11) is 0. The number of rotatable bonds is 13. The van der Waals surface area contributed by atoms with E-state index in [0.29, 0.717) is 12.8 Å². The molecule has 0 aromatic heterocycles. The smallest absolute Gasteiger partial charge is 0.240 e. The minimum atomic E-state index is -0.0976. The van der Waals surface area contributed by atoms with E-state index in [2.05, 4.69) is 21.1 Å². The minimum absolute atomic E-state index is 0.0976. The van der Waals surface area contributed by atoms with Crippen LogP contribution in [0, 0.1) is 0 Å². The van der Waals surface area contributed by atoms with Crippen LogP contribution in [0.25, 0.3) is 0 Å². The fourth-order valence-corrected chi connectivity index (χ4v) is 3.59. The number of unbranched alkanes of at least 4 members (excludes halogenated alkanes) is 3. The molecule has 0 heterocycles. The molecule has 2 amide bonds. The lowest BCUT2D eigenvalue weighted by Gasteiger charge is -2.02. The van der Waals surface area contributed by atoms with Gasteiger partial charge in [0.1, 0.15) is 0 Å². The van der Waals surface area contributed by atoms with E-state index in [1.807, 2.05) is 61.0 Å². The van der Waals surface area contributed by atoms with Crippen LogP contribution in [0.5, 0.6) is 0 Å². The Bertz CT molecular complexity index is 822. The zero-order chi connectivity index (χ0) is 23.0. The number of carbonyl (C=O) groups excluding carboxylic acids is 2. The van der Waals surface area contributed by atoms with E-state index in [1.165, 1.54) is 9.79 Å². The Morgan fingerprint density at radius 2 is 1.06 bits per heavy atom. The number of hydrazone groups is 2. The van der Waals surface area contributed by atoms with Gasteiger partial charge in [-0.25, -0.2) is 10.9 Å². The fourth-order valence-electron chi connectivity index (χ4n) is 2.77. The van der Waals surface area contributed by atoms with Crippen molar-refractivity contribution in [2.45, 2.75) is 48.3 Å². The number of nitrogens with one attached hydrogen (secondary N) is 2. The molecule has 0 spiro atoms. The first-order chi connectivity index (χ1) is 15.6. The Labute approximate surface area is 198 Å². The molecule has 0 saturated carbocycles. The van der Waals surface area contributed by atoms with E-state index in [4.69, 9.17) is 0 Å². The molecule has 32 heavy (non-hydrogen) atoms. The lowest BCUT2D eigenvalue weighted by Crippen LogP contribution is -2.17. The molecule has 2 aromatic rings. The molecule has 0 unspecified atom stereocenters. The lowest BCUT2D eigenvalue weighted by atomic mass is 10.1. The zero-order valence-electron chi connectivity index (χ0n) is 18.5. The molecule has 2 aromatic carbocycles. The van der Waals surface area contributed by atoms with Crippen molar-refractivity contribution >= 4 is 47.8 Å². The SMILES string of the molecule is CSc1ccc(/C=N/NC(=O)CCCCCCC(=O)N/N=C/c2ccc(SC)cc2)cc1. The summed E-state index contributed by atoms with van der Waals surface area (Å²) in [5.74, 6) is -0.195. The Morgan fingerprint density at radius 1 is 0.688 bits per heavy atom. The van der Waals surface area contributed by atoms with Crippen LogP contribution in [0.2, 0.25) is 0 Å². The van der Waals surface area contributed by atoms with Crippen LogP contribution >= 0.6 is 23.5 Å². The Hall–Kier alpha value is -2.58. The molecule has 0 saturated heterocycles. The van der Waals surface area contributed by atoms with Gasteiger partial charge >= 0.3 is 0 Å². The molecule has 0 atom stereocenters. The van der Waals surface area contributed by atoms with E-state index in [-0.39, 0.29) is 11.8 Å². The van der Waals surface area contributed by atoms with E-state index < -0.39 is 0 Å². The summed E-state index contributed by atoms with van der Waals surface area (Å²) in [6, 6.07) is 15.9. The minimum Gasteiger partial charge on any atom is -0.273 e. The molecular formula is C24H30N4O2S2. The van der Waals surface area contributed by atoms with Crippen LogP contribution in [0.1, 0.15) is 49.7 Å². The van der Waals surface area contributed by atoms with Gasteiger partial charge in [-0.2, -0.15) is 10.2 Å². The van der Waals surface area contributed by atoms with Gasteiger partial charge in [0.15, 0.2) is 0 Å². The summed E-state index contributed by atoms with van der Waals surface area (Å²) in [6.07, 6.45) is 11.5. The molecule has 0 aliphatic carbocycles. The van der Waals surface area contributed by atoms with Gasteiger partial charge in [-0.3, -0.25) is 9.59 Å². The standard InChI is InChI=1S/C24H30N4O2S2/c1-31-21-13-9-19(10-14-21)17-25-27-23(29)7-5-3-4-6-8-24(30)28-26-18-20-11-15-22(32-2)16-12-20/h9-18H,3-8H2,1-2H3,(H,27,29)(H,28,30)/b25-17+,26-18+. The van der Waals surface area contributed by atoms with Crippen molar-refractivity contribution in [3.63, 3.8) is 0 Å². The molecule has 0 radical (unpaired) electrons. The quantitative estimate of drug-likeness (QED) is 0.185. The molecule has 0 aliphatic rings. The topological polar surface area (TPSA) is 82.9 Å². The Balaban J connectivity index is 1.50. The van der Waals surface area contributed by atoms with Crippen molar-refractivity contribution in [2.24, 2.45) is 10.2 Å². The average molecular weight is 471 g/mol. The lowest BCUT2D eigenvalue weighted by molar-refractivity contribution is -0.122. The van der Waals surface area contributed by atoms with Gasteiger partial charge in [-0.1, -0.05) is 37.1 Å². The highest BCUT2D eigenvalue weighted by Crippen LogP contribution is 2.14. The summed E-state index contributed by atoms with van der Waals surface area (Å²) in [5, 5.41) is 7.99. The second-order valence-electron chi connectivity index (χ2n) is 7.05. The van der Waals surface area contributed by atoms with Crippen LogP contribution < -0.4 is 10.9 Å². The first-order valence-corrected chi connectivity index (χ1v) is 13.0. The van der Waals surface area contributed by atoms with Crippen molar-refractivity contribution in [2.75, 3.05) is 12.5 Å². The molecule has 0 bridgehead atoms. The monoisotopic (exact) mass is 470 g/mol. The number of amides is 2. The third-order valence-electron chi connectivity index (χ3n) is 4.60. The average Bonchev–Trinajstić information content (AvgIpc) is 2.82. The first-order valence-electron chi connectivity index (χ1n) is 10.5. The predicted octanol–water partition coefficient (Wildman–Crippen LogP) is 5.07. The number of benzene rings is 2. The number of carbonyl (C=O) groups is 2. The molecule has 2 N–H and O–H groups in total. The van der Waals surface area contributed by atoms with Crippen LogP contribution in [0.15, 0.2) is 68.5 Å². The fraction of sp³-hybridized carbons (Fsp3) is 0.333. The number of hydrogen-bond donors (Lipinski definition) is 2. The molecule has 170 valence electrons. The number of thioether (sulfide) groups is 2. The van der Waals surface area contributed by atoms with Gasteiger partial charge in [0.2, 0.25) is 11.8 Å². The third-order valence-corrected chi connectivity index (χ3v) is 6.08. The summed E-state index contributed by atoms with van der Waals surface area (Å²) >= 11 is 3.37. The Morgan fingerprint density at radius 3 is 1.41 bits per heavy atom. The van der Waals surface area contributed by atoms with Crippen LogP contribution in [-0.4, -0.2) is 36.8 Å². The highest BCUT2D eigenvalue weighted by Gasteiger charge is 2.02. The highest BCUT2D eigenvalue weighted by molar-refractivity contribution is 7.98. The van der Waals surface area contributed by atoms with Crippen molar-refractivity contribution in [3.8, 4) is 0 Å². The van der Waals surface area contributed by atoms with Crippen molar-refractivity contribution < 1.29 is 9.59 Å². The number of hydrogen-bond acceptors (Lipinski definition) is 6. The zero-order valence-corrected chi connectivity index (χ0v) is 20.2. The summed E-state index contributed by atoms with van der Waals surface area (Å²) in [6.45, 7) is 0. The van der Waals surface area contributed by atoms with Gasteiger partial charge in [0, 0.05) is 22.6 Å². The summed E-state index contributed by atoms with van der Waals surface area (Å²) in [4.78, 5) is 26.0. The van der Waals surface area contributed by atoms with E-state index in [1.54, 1.807) is 36.0 Å². The van der Waals surface area contributed by atoms with Crippen LogP contribution in [0.3, 0.4) is 0 Å². The van der Waals surface area contributed by atoms with E-state index >= 15 is 0 Å². The number of nitrogens with zero attached hydrogens (tertiary/aromatic N) is 2. The second-order valence-corrected chi connectivity index (χ2v) is 8.81. The molecule has 0 fully saturated rings. The maximum atomic E-state index is 11.8.